The van der Waals surface area contributed by atoms with Crippen LogP contribution in [0, 0.1) is 0 Å². The molecule has 16 heavy (non-hydrogen) atoms. The van der Waals surface area contributed by atoms with Crippen molar-refractivity contribution >= 4 is 5.91 Å². The molecule has 92 valence electrons. The van der Waals surface area contributed by atoms with E-state index in [4.69, 9.17) is 5.73 Å². The molecule has 0 saturated heterocycles. The van der Waals surface area contributed by atoms with Crippen LogP contribution in [0.4, 0.5) is 0 Å². The van der Waals surface area contributed by atoms with E-state index in [2.05, 4.69) is 6.58 Å². The number of nitrogens with zero attached hydrogens (tertiary/aromatic N) is 1. The predicted molar refractivity (Wildman–Crippen MR) is 67.0 cm³/mol. The Hall–Kier alpha value is -0.830. The van der Waals surface area contributed by atoms with Crippen molar-refractivity contribution in [3.8, 4) is 0 Å². The number of carbonyl (C=O) groups excluding carboxylic acids is 1. The Morgan fingerprint density at radius 2 is 2.19 bits per heavy atom. The Labute approximate surface area is 98.7 Å². The first-order valence-corrected chi connectivity index (χ1v) is 6.35. The number of amides is 1. The third-order valence-corrected chi connectivity index (χ3v) is 3.37. The summed E-state index contributed by atoms with van der Waals surface area (Å²) in [6.07, 6.45) is 7.91. The molecule has 0 bridgehead atoms. The van der Waals surface area contributed by atoms with Gasteiger partial charge >= 0.3 is 0 Å². The van der Waals surface area contributed by atoms with Crippen LogP contribution in [0.5, 0.6) is 0 Å². The van der Waals surface area contributed by atoms with Gasteiger partial charge in [0, 0.05) is 25.0 Å². The molecule has 1 rings (SSSR count). The van der Waals surface area contributed by atoms with Gasteiger partial charge in [0.1, 0.15) is 0 Å². The maximum absolute atomic E-state index is 12.1. The SMILES string of the molecule is C=CCN(C(=O)CC(N)CC)C1CCCC1. The van der Waals surface area contributed by atoms with Crippen LogP contribution in [0.25, 0.3) is 0 Å². The molecule has 3 heteroatoms. The molecule has 0 heterocycles. The monoisotopic (exact) mass is 224 g/mol. The highest BCUT2D eigenvalue weighted by atomic mass is 16.2. The van der Waals surface area contributed by atoms with Crippen LogP contribution < -0.4 is 5.73 Å². The van der Waals surface area contributed by atoms with Gasteiger partial charge in [0.2, 0.25) is 5.91 Å². The molecule has 0 aliphatic heterocycles. The number of rotatable bonds is 6. The van der Waals surface area contributed by atoms with Gasteiger partial charge in [-0.05, 0) is 19.3 Å². The lowest BCUT2D eigenvalue weighted by molar-refractivity contribution is -0.133. The second-order valence-corrected chi connectivity index (χ2v) is 4.65. The average molecular weight is 224 g/mol. The van der Waals surface area contributed by atoms with Gasteiger partial charge in [0.05, 0.1) is 0 Å². The van der Waals surface area contributed by atoms with Crippen molar-refractivity contribution in [3.05, 3.63) is 12.7 Å². The number of hydrogen-bond donors (Lipinski definition) is 1. The predicted octanol–water partition coefficient (Wildman–Crippen LogP) is 2.07. The van der Waals surface area contributed by atoms with Gasteiger partial charge in [0.25, 0.3) is 0 Å². The molecule has 1 unspecified atom stereocenters. The normalized spacial score (nSPS) is 18.4. The highest BCUT2D eigenvalue weighted by molar-refractivity contribution is 5.77. The fourth-order valence-corrected chi connectivity index (χ4v) is 2.30. The summed E-state index contributed by atoms with van der Waals surface area (Å²) < 4.78 is 0. The van der Waals surface area contributed by atoms with Gasteiger partial charge < -0.3 is 10.6 Å². The highest BCUT2D eigenvalue weighted by Crippen LogP contribution is 2.24. The zero-order valence-corrected chi connectivity index (χ0v) is 10.3. The van der Waals surface area contributed by atoms with Crippen LogP contribution in [0.15, 0.2) is 12.7 Å². The average Bonchev–Trinajstić information content (AvgIpc) is 2.78. The summed E-state index contributed by atoms with van der Waals surface area (Å²) in [6.45, 7) is 6.41. The van der Waals surface area contributed by atoms with Crippen molar-refractivity contribution in [2.75, 3.05) is 6.54 Å². The molecule has 1 amide bonds. The lowest BCUT2D eigenvalue weighted by Gasteiger charge is -2.28. The molecule has 1 fully saturated rings. The van der Waals surface area contributed by atoms with Crippen molar-refractivity contribution in [2.45, 2.75) is 57.5 Å². The van der Waals surface area contributed by atoms with Gasteiger partial charge in [-0.25, -0.2) is 0 Å². The second kappa shape index (κ2) is 6.69. The molecule has 0 aromatic heterocycles. The zero-order chi connectivity index (χ0) is 12.0. The molecule has 1 saturated carbocycles. The Morgan fingerprint density at radius 3 is 2.69 bits per heavy atom. The lowest BCUT2D eigenvalue weighted by atomic mass is 10.1. The maximum Gasteiger partial charge on any atom is 0.224 e. The molecule has 1 aliphatic carbocycles. The Morgan fingerprint density at radius 1 is 1.56 bits per heavy atom. The zero-order valence-electron chi connectivity index (χ0n) is 10.3. The summed E-state index contributed by atoms with van der Waals surface area (Å²) in [7, 11) is 0. The van der Waals surface area contributed by atoms with E-state index in [9.17, 15) is 4.79 Å². The van der Waals surface area contributed by atoms with Crippen LogP contribution in [-0.4, -0.2) is 29.4 Å². The Balaban J connectivity index is 2.53. The first-order chi connectivity index (χ1) is 7.69. The van der Waals surface area contributed by atoms with E-state index in [1.807, 2.05) is 17.9 Å². The molecule has 0 aromatic carbocycles. The summed E-state index contributed by atoms with van der Waals surface area (Å²) in [5, 5.41) is 0. The highest BCUT2D eigenvalue weighted by Gasteiger charge is 2.26. The van der Waals surface area contributed by atoms with Crippen molar-refractivity contribution in [3.63, 3.8) is 0 Å². The van der Waals surface area contributed by atoms with Gasteiger partial charge in [-0.3, -0.25) is 4.79 Å². The molecule has 1 aliphatic rings. The van der Waals surface area contributed by atoms with Gasteiger partial charge in [-0.2, -0.15) is 0 Å². The minimum absolute atomic E-state index is 0.00113. The molecule has 2 N–H and O–H groups in total. The summed E-state index contributed by atoms with van der Waals surface area (Å²) in [5.41, 5.74) is 5.83. The number of carbonyl (C=O) groups is 1. The van der Waals surface area contributed by atoms with Gasteiger partial charge in [-0.15, -0.1) is 6.58 Å². The van der Waals surface area contributed by atoms with E-state index in [0.717, 1.165) is 19.3 Å². The van der Waals surface area contributed by atoms with Crippen molar-refractivity contribution in [1.29, 1.82) is 0 Å². The number of nitrogens with two attached hydrogens (primary N) is 1. The molecule has 0 radical (unpaired) electrons. The van der Waals surface area contributed by atoms with Crippen molar-refractivity contribution in [2.24, 2.45) is 5.73 Å². The van der Waals surface area contributed by atoms with E-state index in [0.29, 0.717) is 19.0 Å². The third kappa shape index (κ3) is 3.63. The van der Waals surface area contributed by atoms with Crippen LogP contribution in [0.2, 0.25) is 0 Å². The molecule has 0 aromatic rings. The summed E-state index contributed by atoms with van der Waals surface area (Å²) in [6, 6.07) is 0.427. The van der Waals surface area contributed by atoms with Crippen molar-refractivity contribution in [1.82, 2.24) is 4.90 Å². The first kappa shape index (κ1) is 13.2. The molecular weight excluding hydrogens is 200 g/mol. The van der Waals surface area contributed by atoms with E-state index >= 15 is 0 Å². The quantitative estimate of drug-likeness (QED) is 0.702. The molecular formula is C13H24N2O. The standard InChI is InChI=1S/C13H24N2O/c1-3-9-15(12-7-5-6-8-12)13(16)10-11(14)4-2/h3,11-12H,1,4-10,14H2,2H3. The van der Waals surface area contributed by atoms with Gasteiger partial charge in [-0.1, -0.05) is 25.8 Å². The van der Waals surface area contributed by atoms with Crippen molar-refractivity contribution < 1.29 is 4.79 Å². The lowest BCUT2D eigenvalue weighted by Crippen LogP contribution is -2.41. The number of hydrogen-bond acceptors (Lipinski definition) is 2. The van der Waals surface area contributed by atoms with E-state index in [1.54, 1.807) is 0 Å². The maximum atomic E-state index is 12.1. The molecule has 1 atom stereocenters. The first-order valence-electron chi connectivity index (χ1n) is 6.35. The minimum Gasteiger partial charge on any atom is -0.336 e. The fraction of sp³-hybridized carbons (Fsp3) is 0.769. The molecule has 0 spiro atoms. The minimum atomic E-state index is 0.00113. The van der Waals surface area contributed by atoms with E-state index in [1.165, 1.54) is 12.8 Å². The fourth-order valence-electron chi connectivity index (χ4n) is 2.30. The smallest absolute Gasteiger partial charge is 0.224 e. The Bertz CT molecular complexity index is 234. The topological polar surface area (TPSA) is 46.3 Å². The second-order valence-electron chi connectivity index (χ2n) is 4.65. The molecule has 3 nitrogen and oxygen atoms in total. The Kier molecular flexibility index (Phi) is 5.53. The summed E-state index contributed by atoms with van der Waals surface area (Å²) >= 11 is 0. The van der Waals surface area contributed by atoms with Crippen LogP contribution in [-0.2, 0) is 4.79 Å². The summed E-state index contributed by atoms with van der Waals surface area (Å²) in [4.78, 5) is 14.1. The van der Waals surface area contributed by atoms with Gasteiger partial charge in [0.15, 0.2) is 0 Å². The van der Waals surface area contributed by atoms with E-state index in [-0.39, 0.29) is 11.9 Å². The van der Waals surface area contributed by atoms with Crippen LogP contribution >= 0.6 is 0 Å². The summed E-state index contributed by atoms with van der Waals surface area (Å²) in [5.74, 6) is 0.196. The van der Waals surface area contributed by atoms with Crippen LogP contribution in [0.1, 0.15) is 45.4 Å². The largest absolute Gasteiger partial charge is 0.336 e. The van der Waals surface area contributed by atoms with E-state index < -0.39 is 0 Å². The van der Waals surface area contributed by atoms with Crippen LogP contribution in [0.3, 0.4) is 0 Å². The third-order valence-electron chi connectivity index (χ3n) is 3.37.